The van der Waals surface area contributed by atoms with Gasteiger partial charge in [0, 0.05) is 17.8 Å². The Morgan fingerprint density at radius 2 is 2.04 bits per heavy atom. The second-order valence-electron chi connectivity index (χ2n) is 6.65. The number of fused-ring (bicyclic) bond motifs is 1. The second-order valence-corrected chi connectivity index (χ2v) is 6.65. The molecule has 1 aliphatic carbocycles. The zero-order valence-corrected chi connectivity index (χ0v) is 14.1. The molecule has 0 radical (unpaired) electrons. The van der Waals surface area contributed by atoms with Gasteiger partial charge in [-0.1, -0.05) is 18.9 Å². The lowest BCUT2D eigenvalue weighted by molar-refractivity contribution is 0.102. The summed E-state index contributed by atoms with van der Waals surface area (Å²) < 4.78 is 1.84. The Morgan fingerprint density at radius 3 is 2.76 bits per heavy atom. The molecule has 2 heterocycles. The summed E-state index contributed by atoms with van der Waals surface area (Å²) in [5, 5.41) is 2.78. The highest BCUT2D eigenvalue weighted by Crippen LogP contribution is 2.30. The van der Waals surface area contributed by atoms with Crippen LogP contribution in [-0.2, 0) is 0 Å². The molecule has 1 aliphatic rings. The van der Waals surface area contributed by atoms with Crippen molar-refractivity contribution in [2.45, 2.75) is 38.6 Å². The van der Waals surface area contributed by atoms with Crippen molar-refractivity contribution < 1.29 is 4.79 Å². The molecule has 0 bridgehead atoms. The smallest absolute Gasteiger partial charge is 0.307 e. The number of hydrogen-bond donors (Lipinski definition) is 2. The van der Waals surface area contributed by atoms with Crippen molar-refractivity contribution in [3.05, 3.63) is 58.1 Å². The third kappa shape index (κ3) is 2.95. The van der Waals surface area contributed by atoms with Gasteiger partial charge in [-0.3, -0.25) is 9.36 Å². The number of nitrogens with zero attached hydrogens (tertiary/aromatic N) is 2. The number of benzene rings is 1. The summed E-state index contributed by atoms with van der Waals surface area (Å²) in [4.78, 5) is 31.8. The molecule has 2 N–H and O–H groups in total. The van der Waals surface area contributed by atoms with Crippen molar-refractivity contribution in [3.63, 3.8) is 0 Å². The number of imidazole rings is 1. The maximum atomic E-state index is 12.4. The van der Waals surface area contributed by atoms with E-state index in [1.54, 1.807) is 24.4 Å². The predicted molar refractivity (Wildman–Crippen MR) is 97.0 cm³/mol. The van der Waals surface area contributed by atoms with Gasteiger partial charge in [-0.2, -0.15) is 0 Å². The fourth-order valence-electron chi connectivity index (χ4n) is 3.53. The Bertz CT molecular complexity index is 979. The van der Waals surface area contributed by atoms with Gasteiger partial charge in [0.05, 0.1) is 11.0 Å². The molecule has 3 aromatic rings. The minimum Gasteiger partial charge on any atom is -0.307 e. The van der Waals surface area contributed by atoms with Gasteiger partial charge < -0.3 is 10.3 Å². The number of rotatable bonds is 3. The summed E-state index contributed by atoms with van der Waals surface area (Å²) in [6, 6.07) is 9.26. The van der Waals surface area contributed by atoms with Crippen LogP contribution in [0.5, 0.6) is 0 Å². The molecule has 6 heteroatoms. The standard InChI is InChI=1S/C19H20N4O2/c1-12-6-9-17(20-11-12)22-18(24)13-7-8-16-15(10-13)21-19(25)23(16)14-4-2-3-5-14/h6-11,14H,2-5H2,1H3,(H,21,25)(H,20,22,24). The lowest BCUT2D eigenvalue weighted by atomic mass is 10.1. The van der Waals surface area contributed by atoms with Crippen molar-refractivity contribution in [2.24, 2.45) is 0 Å². The highest BCUT2D eigenvalue weighted by Gasteiger charge is 2.21. The number of hydrogen-bond acceptors (Lipinski definition) is 3. The number of amides is 1. The molecule has 0 saturated heterocycles. The number of nitrogens with one attached hydrogen (secondary N) is 2. The molecule has 4 rings (SSSR count). The van der Waals surface area contributed by atoms with Crippen LogP contribution in [0.15, 0.2) is 41.3 Å². The van der Waals surface area contributed by atoms with Crippen LogP contribution in [0.1, 0.15) is 47.6 Å². The molecule has 1 fully saturated rings. The first-order valence-electron chi connectivity index (χ1n) is 8.60. The maximum absolute atomic E-state index is 12.4. The molecule has 0 aliphatic heterocycles. The Morgan fingerprint density at radius 1 is 1.24 bits per heavy atom. The van der Waals surface area contributed by atoms with E-state index in [-0.39, 0.29) is 17.6 Å². The van der Waals surface area contributed by atoms with E-state index < -0.39 is 0 Å². The van der Waals surface area contributed by atoms with Gasteiger partial charge in [0.2, 0.25) is 0 Å². The molecule has 6 nitrogen and oxygen atoms in total. The molecule has 0 unspecified atom stereocenters. The SMILES string of the molecule is Cc1ccc(NC(=O)c2ccc3c(c2)[nH]c(=O)n3C2CCCC2)nc1. The van der Waals surface area contributed by atoms with Crippen LogP contribution in [0.4, 0.5) is 5.82 Å². The molecule has 0 spiro atoms. The van der Waals surface area contributed by atoms with E-state index in [1.807, 2.05) is 23.6 Å². The Hall–Kier alpha value is -2.89. The van der Waals surface area contributed by atoms with Gasteiger partial charge in [-0.25, -0.2) is 9.78 Å². The predicted octanol–water partition coefficient (Wildman–Crippen LogP) is 3.40. The van der Waals surface area contributed by atoms with Crippen LogP contribution in [0.2, 0.25) is 0 Å². The molecule has 2 aromatic heterocycles. The first-order chi connectivity index (χ1) is 12.1. The average Bonchev–Trinajstić information content (AvgIpc) is 3.22. The molecule has 0 atom stereocenters. The first-order valence-corrected chi connectivity index (χ1v) is 8.60. The number of aryl methyl sites for hydroxylation is 1. The number of carbonyl (C=O) groups is 1. The van der Waals surface area contributed by atoms with Crippen LogP contribution >= 0.6 is 0 Å². The number of aromatic amines is 1. The number of H-pyrrole nitrogens is 1. The second kappa shape index (κ2) is 6.20. The molecule has 1 aromatic carbocycles. The number of aromatic nitrogens is 3. The zero-order valence-electron chi connectivity index (χ0n) is 14.1. The molecule has 1 saturated carbocycles. The number of carbonyl (C=O) groups excluding carboxylic acids is 1. The minimum absolute atomic E-state index is 0.0975. The monoisotopic (exact) mass is 336 g/mol. The van der Waals surface area contributed by atoms with Crippen molar-refractivity contribution in [3.8, 4) is 0 Å². The summed E-state index contributed by atoms with van der Waals surface area (Å²) in [7, 11) is 0. The van der Waals surface area contributed by atoms with Crippen LogP contribution in [0.25, 0.3) is 11.0 Å². The Balaban J connectivity index is 1.64. The van der Waals surface area contributed by atoms with E-state index >= 15 is 0 Å². The third-order valence-electron chi connectivity index (χ3n) is 4.82. The van der Waals surface area contributed by atoms with Crippen LogP contribution in [-0.4, -0.2) is 20.4 Å². The average molecular weight is 336 g/mol. The summed E-state index contributed by atoms with van der Waals surface area (Å²) in [6.45, 7) is 1.94. The minimum atomic E-state index is -0.243. The number of anilines is 1. The fourth-order valence-corrected chi connectivity index (χ4v) is 3.53. The molecular formula is C19H20N4O2. The highest BCUT2D eigenvalue weighted by molar-refractivity contribution is 6.05. The van der Waals surface area contributed by atoms with E-state index in [9.17, 15) is 9.59 Å². The van der Waals surface area contributed by atoms with Gasteiger partial charge >= 0.3 is 5.69 Å². The van der Waals surface area contributed by atoms with Crippen LogP contribution in [0, 0.1) is 6.92 Å². The molecule has 128 valence electrons. The van der Waals surface area contributed by atoms with Crippen LogP contribution < -0.4 is 11.0 Å². The van der Waals surface area contributed by atoms with Crippen molar-refractivity contribution >= 4 is 22.8 Å². The van der Waals surface area contributed by atoms with Gasteiger partial charge in [-0.15, -0.1) is 0 Å². The lowest BCUT2D eigenvalue weighted by Gasteiger charge is -2.11. The normalized spacial score (nSPS) is 14.9. The lowest BCUT2D eigenvalue weighted by Crippen LogP contribution is -2.20. The van der Waals surface area contributed by atoms with E-state index in [0.717, 1.165) is 36.8 Å². The van der Waals surface area contributed by atoms with E-state index in [0.29, 0.717) is 16.9 Å². The zero-order chi connectivity index (χ0) is 17.4. The van der Waals surface area contributed by atoms with Crippen molar-refractivity contribution in [1.82, 2.24) is 14.5 Å². The first kappa shape index (κ1) is 15.6. The fraction of sp³-hybridized carbons (Fsp3) is 0.316. The molecular weight excluding hydrogens is 316 g/mol. The topological polar surface area (TPSA) is 79.8 Å². The Labute approximate surface area is 144 Å². The molecule has 25 heavy (non-hydrogen) atoms. The maximum Gasteiger partial charge on any atom is 0.326 e. The summed E-state index contributed by atoms with van der Waals surface area (Å²) >= 11 is 0. The Kier molecular flexibility index (Phi) is 3.87. The van der Waals surface area contributed by atoms with E-state index in [2.05, 4.69) is 15.3 Å². The van der Waals surface area contributed by atoms with E-state index in [4.69, 9.17) is 0 Å². The van der Waals surface area contributed by atoms with Gasteiger partial charge in [-0.05, 0) is 49.6 Å². The van der Waals surface area contributed by atoms with Gasteiger partial charge in [0.1, 0.15) is 5.82 Å². The summed E-state index contributed by atoms with van der Waals surface area (Å²) in [5.74, 6) is 0.264. The van der Waals surface area contributed by atoms with Gasteiger partial charge in [0.15, 0.2) is 0 Å². The quantitative estimate of drug-likeness (QED) is 0.769. The van der Waals surface area contributed by atoms with Crippen LogP contribution in [0.3, 0.4) is 0 Å². The molecule has 1 amide bonds. The van der Waals surface area contributed by atoms with Gasteiger partial charge in [0.25, 0.3) is 5.91 Å². The van der Waals surface area contributed by atoms with E-state index in [1.165, 1.54) is 0 Å². The summed E-state index contributed by atoms with van der Waals surface area (Å²) in [6.07, 6.45) is 6.10. The third-order valence-corrected chi connectivity index (χ3v) is 4.82. The van der Waals surface area contributed by atoms with Crippen molar-refractivity contribution in [1.29, 1.82) is 0 Å². The highest BCUT2D eigenvalue weighted by atomic mass is 16.2. The summed E-state index contributed by atoms with van der Waals surface area (Å²) in [5.41, 5.74) is 2.99. The van der Waals surface area contributed by atoms with Crippen molar-refractivity contribution in [2.75, 3.05) is 5.32 Å². The largest absolute Gasteiger partial charge is 0.326 e. The number of pyridine rings is 1.